The first-order valence-corrected chi connectivity index (χ1v) is 11.3. The molecule has 0 aromatic heterocycles. The molecule has 0 radical (unpaired) electrons. The standard InChI is InChI=1S/C24H35BO2/c1-22(2)23(3,4)27-25(26-22)20-15-19-16-24(19,18-13-9-6-10-14-18)21(20)17-11-7-5-8-12-17/h6,9-10,13-14,17,19-21H,5,7-8,11-12,15-16H2,1-4H3/t19-,20?,21+,24-/m0/s1. The van der Waals surface area contributed by atoms with E-state index in [0.29, 0.717) is 11.2 Å². The number of fused-ring (bicyclic) bond motifs is 1. The van der Waals surface area contributed by atoms with Crippen molar-refractivity contribution >= 4 is 7.12 Å². The second-order valence-corrected chi connectivity index (χ2v) is 10.8. The molecule has 4 atom stereocenters. The summed E-state index contributed by atoms with van der Waals surface area (Å²) < 4.78 is 13.2. The van der Waals surface area contributed by atoms with Gasteiger partial charge in [-0.1, -0.05) is 62.4 Å². The van der Waals surface area contributed by atoms with Crippen LogP contribution in [0.25, 0.3) is 0 Å². The van der Waals surface area contributed by atoms with Crippen LogP contribution < -0.4 is 0 Å². The van der Waals surface area contributed by atoms with Crippen molar-refractivity contribution in [2.45, 2.75) is 95.1 Å². The van der Waals surface area contributed by atoms with Crippen molar-refractivity contribution < 1.29 is 9.31 Å². The zero-order chi connectivity index (χ0) is 18.9. The van der Waals surface area contributed by atoms with Crippen LogP contribution in [0.2, 0.25) is 5.82 Å². The molecule has 1 aromatic carbocycles. The number of benzene rings is 1. The number of hydrogen-bond donors (Lipinski definition) is 0. The third-order valence-electron chi connectivity index (χ3n) is 8.86. The molecule has 5 rings (SSSR count). The van der Waals surface area contributed by atoms with Gasteiger partial charge in [0.2, 0.25) is 0 Å². The fourth-order valence-electron chi connectivity index (χ4n) is 6.81. The maximum Gasteiger partial charge on any atom is 0.461 e. The van der Waals surface area contributed by atoms with E-state index in [1.54, 1.807) is 5.56 Å². The maximum absolute atomic E-state index is 6.60. The highest BCUT2D eigenvalue weighted by molar-refractivity contribution is 6.47. The lowest BCUT2D eigenvalue weighted by atomic mass is 9.56. The summed E-state index contributed by atoms with van der Waals surface area (Å²) in [5, 5.41) is 0. The van der Waals surface area contributed by atoms with Crippen molar-refractivity contribution in [2.75, 3.05) is 0 Å². The van der Waals surface area contributed by atoms with Crippen molar-refractivity contribution in [3.05, 3.63) is 35.9 Å². The van der Waals surface area contributed by atoms with Gasteiger partial charge in [-0.05, 0) is 69.7 Å². The minimum absolute atomic E-state index is 0.0321. The second kappa shape index (κ2) is 6.10. The molecule has 1 aliphatic heterocycles. The maximum atomic E-state index is 6.60. The first kappa shape index (κ1) is 18.2. The molecule has 3 heteroatoms. The van der Waals surface area contributed by atoms with Crippen LogP contribution in [0.1, 0.15) is 78.2 Å². The molecule has 0 N–H and O–H groups in total. The van der Waals surface area contributed by atoms with E-state index in [2.05, 4.69) is 58.0 Å². The van der Waals surface area contributed by atoms with Crippen LogP contribution in [0.5, 0.6) is 0 Å². The molecule has 3 aliphatic carbocycles. The molecule has 1 heterocycles. The Kier molecular flexibility index (Phi) is 4.12. The van der Waals surface area contributed by atoms with E-state index in [4.69, 9.17) is 9.31 Å². The highest BCUT2D eigenvalue weighted by Crippen LogP contribution is 2.74. The van der Waals surface area contributed by atoms with E-state index in [-0.39, 0.29) is 18.3 Å². The Morgan fingerprint density at radius 3 is 2.15 bits per heavy atom. The summed E-state index contributed by atoms with van der Waals surface area (Å²) in [5.41, 5.74) is 1.55. The van der Waals surface area contributed by atoms with Gasteiger partial charge in [-0.25, -0.2) is 0 Å². The molecule has 0 bridgehead atoms. The van der Waals surface area contributed by atoms with E-state index in [1.165, 1.54) is 44.9 Å². The number of rotatable bonds is 3. The fraction of sp³-hybridized carbons (Fsp3) is 0.750. The molecule has 4 fully saturated rings. The topological polar surface area (TPSA) is 18.5 Å². The third-order valence-corrected chi connectivity index (χ3v) is 8.86. The Morgan fingerprint density at radius 2 is 1.52 bits per heavy atom. The van der Waals surface area contributed by atoms with E-state index in [1.807, 2.05) is 0 Å². The van der Waals surface area contributed by atoms with Crippen LogP contribution >= 0.6 is 0 Å². The molecule has 4 aliphatic rings. The van der Waals surface area contributed by atoms with Crippen LogP contribution in [0, 0.1) is 17.8 Å². The monoisotopic (exact) mass is 366 g/mol. The Morgan fingerprint density at radius 1 is 0.889 bits per heavy atom. The van der Waals surface area contributed by atoms with Gasteiger partial charge in [-0.2, -0.15) is 0 Å². The second-order valence-electron chi connectivity index (χ2n) is 10.8. The van der Waals surface area contributed by atoms with Crippen LogP contribution in [0.3, 0.4) is 0 Å². The van der Waals surface area contributed by atoms with Crippen LogP contribution in [0.15, 0.2) is 30.3 Å². The predicted octanol–water partition coefficient (Wildman–Crippen LogP) is 6.01. The Bertz CT molecular complexity index is 678. The van der Waals surface area contributed by atoms with E-state index in [0.717, 1.165) is 17.8 Å². The highest BCUT2D eigenvalue weighted by atomic mass is 16.7. The van der Waals surface area contributed by atoms with Gasteiger partial charge in [0.25, 0.3) is 0 Å². The summed E-state index contributed by atoms with van der Waals surface area (Å²) in [6.45, 7) is 8.80. The molecular weight excluding hydrogens is 331 g/mol. The first-order chi connectivity index (χ1) is 12.9. The summed E-state index contributed by atoms with van der Waals surface area (Å²) in [7, 11) is -0.0321. The zero-order valence-corrected chi connectivity index (χ0v) is 17.5. The average Bonchev–Trinajstić information content (AvgIpc) is 3.19. The lowest BCUT2D eigenvalue weighted by molar-refractivity contribution is 0.00578. The quantitative estimate of drug-likeness (QED) is 0.610. The highest BCUT2D eigenvalue weighted by Gasteiger charge is 2.71. The summed E-state index contributed by atoms with van der Waals surface area (Å²) >= 11 is 0. The largest absolute Gasteiger partial charge is 0.461 e. The minimum atomic E-state index is -0.221. The summed E-state index contributed by atoms with van der Waals surface area (Å²) in [4.78, 5) is 0. The SMILES string of the molecule is CC1(C)OB(C2C[C@H]3C[C@@]3(c3ccccc3)[C@@H]2C2CCCCC2)OC1(C)C. The van der Waals surface area contributed by atoms with Gasteiger partial charge in [-0.3, -0.25) is 0 Å². The van der Waals surface area contributed by atoms with Crippen LogP contribution in [-0.2, 0) is 14.7 Å². The van der Waals surface area contributed by atoms with E-state index < -0.39 is 0 Å². The van der Waals surface area contributed by atoms with Gasteiger partial charge in [0.15, 0.2) is 0 Å². The molecule has 2 nitrogen and oxygen atoms in total. The van der Waals surface area contributed by atoms with Crippen molar-refractivity contribution in [1.29, 1.82) is 0 Å². The lowest BCUT2D eigenvalue weighted by Crippen LogP contribution is -2.41. The Labute approximate surface area is 165 Å². The smallest absolute Gasteiger partial charge is 0.403 e. The molecule has 0 amide bonds. The van der Waals surface area contributed by atoms with Crippen LogP contribution in [0.4, 0.5) is 0 Å². The van der Waals surface area contributed by atoms with Gasteiger partial charge in [0.1, 0.15) is 0 Å². The first-order valence-electron chi connectivity index (χ1n) is 11.3. The molecule has 1 saturated heterocycles. The molecule has 0 spiro atoms. The van der Waals surface area contributed by atoms with Crippen molar-refractivity contribution in [3.63, 3.8) is 0 Å². The summed E-state index contributed by atoms with van der Waals surface area (Å²) in [5.74, 6) is 2.94. The van der Waals surface area contributed by atoms with Crippen molar-refractivity contribution in [3.8, 4) is 0 Å². The predicted molar refractivity (Wildman–Crippen MR) is 111 cm³/mol. The van der Waals surface area contributed by atoms with Gasteiger partial charge in [0.05, 0.1) is 11.2 Å². The van der Waals surface area contributed by atoms with Crippen LogP contribution in [-0.4, -0.2) is 18.3 Å². The fourth-order valence-corrected chi connectivity index (χ4v) is 6.81. The molecule has 27 heavy (non-hydrogen) atoms. The molecule has 1 unspecified atom stereocenters. The molecule has 3 saturated carbocycles. The van der Waals surface area contributed by atoms with Crippen molar-refractivity contribution in [2.24, 2.45) is 17.8 Å². The molecule has 1 aromatic rings. The minimum Gasteiger partial charge on any atom is -0.403 e. The Balaban J connectivity index is 1.49. The number of hydrogen-bond acceptors (Lipinski definition) is 2. The van der Waals surface area contributed by atoms with E-state index in [9.17, 15) is 0 Å². The molecule has 146 valence electrons. The summed E-state index contributed by atoms with van der Waals surface area (Å²) in [6, 6.07) is 11.4. The third kappa shape index (κ3) is 2.68. The molecular formula is C24H35BO2. The van der Waals surface area contributed by atoms with Gasteiger partial charge < -0.3 is 9.31 Å². The van der Waals surface area contributed by atoms with Gasteiger partial charge >= 0.3 is 7.12 Å². The lowest BCUT2D eigenvalue weighted by Gasteiger charge is -2.39. The van der Waals surface area contributed by atoms with Gasteiger partial charge in [0, 0.05) is 5.41 Å². The van der Waals surface area contributed by atoms with Gasteiger partial charge in [-0.15, -0.1) is 0 Å². The van der Waals surface area contributed by atoms with Crippen molar-refractivity contribution in [1.82, 2.24) is 0 Å². The Hall–Kier alpha value is -0.795. The summed E-state index contributed by atoms with van der Waals surface area (Å²) in [6.07, 6.45) is 9.72. The zero-order valence-electron chi connectivity index (χ0n) is 17.5. The average molecular weight is 366 g/mol. The van der Waals surface area contributed by atoms with E-state index >= 15 is 0 Å². The normalized spacial score (nSPS) is 40.1.